The molecule has 0 bridgehead atoms. The van der Waals surface area contributed by atoms with E-state index in [-0.39, 0.29) is 11.2 Å². The van der Waals surface area contributed by atoms with Crippen molar-refractivity contribution in [2.24, 2.45) is 0 Å². The highest BCUT2D eigenvalue weighted by atomic mass is 32.2. The number of benzene rings is 1. The molecular weight excluding hydrogens is 308 g/mol. The summed E-state index contributed by atoms with van der Waals surface area (Å²) in [7, 11) is 0. The highest BCUT2D eigenvalue weighted by molar-refractivity contribution is 8.00. The van der Waals surface area contributed by atoms with Gasteiger partial charge in [-0.3, -0.25) is 4.79 Å². The molecule has 0 saturated carbocycles. The lowest BCUT2D eigenvalue weighted by atomic mass is 10.1. The molecule has 2 rings (SSSR count). The Labute approximate surface area is 141 Å². The first-order valence-corrected chi connectivity index (χ1v) is 8.55. The molecule has 0 saturated heterocycles. The molecule has 1 aromatic carbocycles. The Balaban J connectivity index is 2.08. The summed E-state index contributed by atoms with van der Waals surface area (Å²) in [6.45, 7) is 8.78. The second-order valence-electron chi connectivity index (χ2n) is 5.10. The summed E-state index contributed by atoms with van der Waals surface area (Å²) >= 11 is 1.43. The Morgan fingerprint density at radius 1 is 1.39 bits per heavy atom. The summed E-state index contributed by atoms with van der Waals surface area (Å²) in [6, 6.07) is 10.2. The van der Waals surface area contributed by atoms with E-state index in [0.717, 1.165) is 23.9 Å². The number of aromatic nitrogens is 3. The standard InChI is InChI=1S/C17H22N4OS/c1-4-11-18-16(22)13(3)23-17-20-19-15(21(17)5-2)12-14-9-7-6-8-10-14/h4,6-10,13H,1,5,11-12H2,2-3H3,(H,18,22)/t13-/m1/s1. The van der Waals surface area contributed by atoms with E-state index in [9.17, 15) is 4.79 Å². The average molecular weight is 330 g/mol. The predicted octanol–water partition coefficient (Wildman–Crippen LogP) is 2.67. The van der Waals surface area contributed by atoms with E-state index in [4.69, 9.17) is 0 Å². The predicted molar refractivity (Wildman–Crippen MR) is 93.5 cm³/mol. The molecule has 0 spiro atoms. The number of thioether (sulfide) groups is 1. The third-order valence-electron chi connectivity index (χ3n) is 3.39. The number of carbonyl (C=O) groups is 1. The van der Waals surface area contributed by atoms with E-state index < -0.39 is 0 Å². The van der Waals surface area contributed by atoms with Crippen molar-refractivity contribution in [3.8, 4) is 0 Å². The second-order valence-corrected chi connectivity index (χ2v) is 6.41. The lowest BCUT2D eigenvalue weighted by molar-refractivity contribution is -0.120. The van der Waals surface area contributed by atoms with Gasteiger partial charge < -0.3 is 9.88 Å². The normalized spacial score (nSPS) is 11.9. The highest BCUT2D eigenvalue weighted by Crippen LogP contribution is 2.23. The lowest BCUT2D eigenvalue weighted by Gasteiger charge is -2.12. The maximum atomic E-state index is 12.0. The van der Waals surface area contributed by atoms with E-state index in [0.29, 0.717) is 6.54 Å². The Kier molecular flexibility index (Phi) is 6.40. The summed E-state index contributed by atoms with van der Waals surface area (Å²) in [5, 5.41) is 11.9. The van der Waals surface area contributed by atoms with Crippen LogP contribution in [0, 0.1) is 0 Å². The van der Waals surface area contributed by atoms with Gasteiger partial charge in [-0.15, -0.1) is 16.8 Å². The van der Waals surface area contributed by atoms with Crippen LogP contribution in [0.4, 0.5) is 0 Å². The zero-order chi connectivity index (χ0) is 16.7. The zero-order valence-electron chi connectivity index (χ0n) is 13.5. The van der Waals surface area contributed by atoms with Gasteiger partial charge in [0.15, 0.2) is 5.16 Å². The van der Waals surface area contributed by atoms with Gasteiger partial charge in [-0.1, -0.05) is 48.2 Å². The third-order valence-corrected chi connectivity index (χ3v) is 4.47. The summed E-state index contributed by atoms with van der Waals surface area (Å²) < 4.78 is 2.06. The van der Waals surface area contributed by atoms with Gasteiger partial charge in [0.25, 0.3) is 0 Å². The Morgan fingerprint density at radius 3 is 2.78 bits per heavy atom. The molecule has 2 aromatic rings. The monoisotopic (exact) mass is 330 g/mol. The van der Waals surface area contributed by atoms with Crippen molar-refractivity contribution in [2.45, 2.75) is 37.2 Å². The molecule has 0 radical (unpaired) electrons. The fourth-order valence-electron chi connectivity index (χ4n) is 2.16. The Morgan fingerprint density at radius 2 is 2.13 bits per heavy atom. The molecule has 1 atom stereocenters. The van der Waals surface area contributed by atoms with Gasteiger partial charge >= 0.3 is 0 Å². The summed E-state index contributed by atoms with van der Waals surface area (Å²) in [5.41, 5.74) is 1.20. The molecule has 0 aliphatic rings. The van der Waals surface area contributed by atoms with Crippen molar-refractivity contribution >= 4 is 17.7 Å². The molecule has 1 heterocycles. The molecule has 122 valence electrons. The Bertz CT molecular complexity index is 654. The second kappa shape index (κ2) is 8.53. The maximum absolute atomic E-state index is 12.0. The first kappa shape index (κ1) is 17.3. The molecular formula is C17H22N4OS. The number of rotatable bonds is 8. The van der Waals surface area contributed by atoms with Crippen LogP contribution in [0.1, 0.15) is 25.2 Å². The molecule has 0 aliphatic heterocycles. The number of amides is 1. The minimum atomic E-state index is -0.228. The lowest BCUT2D eigenvalue weighted by Crippen LogP contribution is -2.31. The van der Waals surface area contributed by atoms with Crippen LogP contribution in [-0.2, 0) is 17.8 Å². The van der Waals surface area contributed by atoms with Crippen LogP contribution < -0.4 is 5.32 Å². The van der Waals surface area contributed by atoms with E-state index in [2.05, 4.69) is 45.7 Å². The van der Waals surface area contributed by atoms with Gasteiger partial charge in [-0.05, 0) is 19.4 Å². The van der Waals surface area contributed by atoms with E-state index >= 15 is 0 Å². The van der Waals surface area contributed by atoms with Gasteiger partial charge in [0, 0.05) is 19.5 Å². The molecule has 0 aliphatic carbocycles. The molecule has 0 unspecified atom stereocenters. The van der Waals surface area contributed by atoms with Gasteiger partial charge in [0.1, 0.15) is 5.82 Å². The van der Waals surface area contributed by atoms with Gasteiger partial charge in [-0.25, -0.2) is 0 Å². The maximum Gasteiger partial charge on any atom is 0.233 e. The minimum Gasteiger partial charge on any atom is -0.352 e. The number of nitrogens with one attached hydrogen (secondary N) is 1. The molecule has 23 heavy (non-hydrogen) atoms. The molecule has 1 aromatic heterocycles. The number of hydrogen-bond acceptors (Lipinski definition) is 4. The number of carbonyl (C=O) groups excluding carboxylic acids is 1. The fraction of sp³-hybridized carbons (Fsp3) is 0.353. The van der Waals surface area contributed by atoms with Gasteiger partial charge in [0.05, 0.1) is 5.25 Å². The van der Waals surface area contributed by atoms with Crippen LogP contribution in [0.25, 0.3) is 0 Å². The first-order valence-electron chi connectivity index (χ1n) is 7.67. The number of hydrogen-bond donors (Lipinski definition) is 1. The van der Waals surface area contributed by atoms with E-state index in [1.165, 1.54) is 17.3 Å². The zero-order valence-corrected chi connectivity index (χ0v) is 14.3. The molecule has 6 heteroatoms. The average Bonchev–Trinajstić information content (AvgIpc) is 2.94. The summed E-state index contributed by atoms with van der Waals surface area (Å²) in [5.74, 6) is 0.894. The van der Waals surface area contributed by atoms with Gasteiger partial charge in [-0.2, -0.15) is 0 Å². The smallest absolute Gasteiger partial charge is 0.233 e. The van der Waals surface area contributed by atoms with Gasteiger partial charge in [0.2, 0.25) is 5.91 Å². The van der Waals surface area contributed by atoms with Crippen molar-refractivity contribution in [1.29, 1.82) is 0 Å². The topological polar surface area (TPSA) is 59.8 Å². The molecule has 0 fully saturated rings. The summed E-state index contributed by atoms with van der Waals surface area (Å²) in [4.78, 5) is 12.0. The Hall–Kier alpha value is -2.08. The van der Waals surface area contributed by atoms with Crippen molar-refractivity contribution in [3.63, 3.8) is 0 Å². The van der Waals surface area contributed by atoms with Crippen LogP contribution >= 0.6 is 11.8 Å². The number of nitrogens with zero attached hydrogens (tertiary/aromatic N) is 3. The van der Waals surface area contributed by atoms with E-state index in [1.807, 2.05) is 25.1 Å². The van der Waals surface area contributed by atoms with Crippen LogP contribution in [0.5, 0.6) is 0 Å². The third kappa shape index (κ3) is 4.69. The molecule has 1 N–H and O–H groups in total. The van der Waals surface area contributed by atoms with Crippen molar-refractivity contribution < 1.29 is 4.79 Å². The highest BCUT2D eigenvalue weighted by Gasteiger charge is 2.19. The SMILES string of the molecule is C=CCNC(=O)[C@@H](C)Sc1nnc(Cc2ccccc2)n1CC. The molecule has 1 amide bonds. The minimum absolute atomic E-state index is 0.0230. The first-order chi connectivity index (χ1) is 11.2. The molecule has 5 nitrogen and oxygen atoms in total. The van der Waals surface area contributed by atoms with Crippen LogP contribution in [-0.4, -0.2) is 32.5 Å². The largest absolute Gasteiger partial charge is 0.352 e. The van der Waals surface area contributed by atoms with Crippen LogP contribution in [0.15, 0.2) is 48.1 Å². The fourth-order valence-corrected chi connectivity index (χ4v) is 3.12. The van der Waals surface area contributed by atoms with Crippen molar-refractivity contribution in [1.82, 2.24) is 20.1 Å². The van der Waals surface area contributed by atoms with E-state index in [1.54, 1.807) is 6.08 Å². The van der Waals surface area contributed by atoms with Crippen molar-refractivity contribution in [3.05, 3.63) is 54.4 Å². The summed E-state index contributed by atoms with van der Waals surface area (Å²) in [6.07, 6.45) is 2.40. The van der Waals surface area contributed by atoms with Crippen LogP contribution in [0.2, 0.25) is 0 Å². The van der Waals surface area contributed by atoms with Crippen molar-refractivity contribution in [2.75, 3.05) is 6.54 Å². The van der Waals surface area contributed by atoms with Crippen LogP contribution in [0.3, 0.4) is 0 Å². The quantitative estimate of drug-likeness (QED) is 0.597.